The lowest BCUT2D eigenvalue weighted by atomic mass is 10.2. The number of amides is 1. The molecule has 0 spiro atoms. The zero-order valence-electron chi connectivity index (χ0n) is 6.73. The van der Waals surface area contributed by atoms with Crippen LogP contribution < -0.4 is 5.32 Å². The summed E-state index contributed by atoms with van der Waals surface area (Å²) in [6, 6.07) is 3.35. The van der Waals surface area contributed by atoms with E-state index in [-0.39, 0.29) is 12.1 Å². The molecule has 0 aliphatic rings. The molecule has 1 amide bonds. The van der Waals surface area contributed by atoms with E-state index < -0.39 is 11.7 Å². The van der Waals surface area contributed by atoms with Crippen LogP contribution in [-0.2, 0) is 11.0 Å². The van der Waals surface area contributed by atoms with Crippen LogP contribution in [0.1, 0.15) is 5.56 Å². The highest BCUT2D eigenvalue weighted by Crippen LogP contribution is 2.35. The Bertz CT molecular complexity index is 351. The quantitative estimate of drug-likeness (QED) is 0.820. The highest BCUT2D eigenvalue weighted by molar-refractivity contribution is 9.10. The van der Waals surface area contributed by atoms with Crippen LogP contribution in [0.25, 0.3) is 0 Å². The molecule has 2 nitrogen and oxygen atoms in total. The van der Waals surface area contributed by atoms with E-state index in [9.17, 15) is 18.0 Å². The first-order chi connectivity index (χ1) is 6.45. The SMILES string of the molecule is O=CNc1cc(Br)ccc1C(F)(F)F. The van der Waals surface area contributed by atoms with Gasteiger partial charge in [0.1, 0.15) is 0 Å². The maximum atomic E-state index is 12.3. The van der Waals surface area contributed by atoms with Crippen molar-refractivity contribution in [3.63, 3.8) is 0 Å². The van der Waals surface area contributed by atoms with Crippen molar-refractivity contribution in [2.24, 2.45) is 0 Å². The molecule has 0 saturated carbocycles. The van der Waals surface area contributed by atoms with E-state index in [0.29, 0.717) is 4.47 Å². The molecule has 1 aromatic carbocycles. The van der Waals surface area contributed by atoms with Crippen LogP contribution in [0.5, 0.6) is 0 Å². The van der Waals surface area contributed by atoms with Crippen LogP contribution in [0.15, 0.2) is 22.7 Å². The van der Waals surface area contributed by atoms with Gasteiger partial charge >= 0.3 is 6.18 Å². The van der Waals surface area contributed by atoms with Crippen LogP contribution in [0, 0.1) is 0 Å². The highest BCUT2D eigenvalue weighted by atomic mass is 79.9. The number of rotatable bonds is 2. The van der Waals surface area contributed by atoms with Crippen LogP contribution in [0.3, 0.4) is 0 Å². The zero-order chi connectivity index (χ0) is 10.8. The number of benzene rings is 1. The van der Waals surface area contributed by atoms with Crippen molar-refractivity contribution in [3.8, 4) is 0 Å². The summed E-state index contributed by atoms with van der Waals surface area (Å²) in [4.78, 5) is 10.1. The fraction of sp³-hybridized carbons (Fsp3) is 0.125. The van der Waals surface area contributed by atoms with E-state index in [1.54, 1.807) is 0 Å². The maximum absolute atomic E-state index is 12.3. The second-order valence-electron chi connectivity index (χ2n) is 2.45. The fourth-order valence-corrected chi connectivity index (χ4v) is 1.31. The van der Waals surface area contributed by atoms with Crippen molar-refractivity contribution >= 4 is 28.0 Å². The molecule has 0 atom stereocenters. The number of carbonyl (C=O) groups is 1. The van der Waals surface area contributed by atoms with E-state index in [1.165, 1.54) is 12.1 Å². The third-order valence-electron chi connectivity index (χ3n) is 1.50. The summed E-state index contributed by atoms with van der Waals surface area (Å²) in [5.74, 6) is 0. The maximum Gasteiger partial charge on any atom is 0.418 e. The van der Waals surface area contributed by atoms with Crippen LogP contribution in [0.2, 0.25) is 0 Å². The average Bonchev–Trinajstić information content (AvgIpc) is 2.02. The summed E-state index contributed by atoms with van der Waals surface area (Å²) < 4.78 is 37.5. The van der Waals surface area contributed by atoms with Gasteiger partial charge in [-0.25, -0.2) is 0 Å². The number of nitrogens with one attached hydrogen (secondary N) is 1. The lowest BCUT2D eigenvalue weighted by Gasteiger charge is -2.11. The molecule has 6 heteroatoms. The Morgan fingerprint density at radius 3 is 2.50 bits per heavy atom. The lowest BCUT2D eigenvalue weighted by molar-refractivity contribution is -0.136. The highest BCUT2D eigenvalue weighted by Gasteiger charge is 2.33. The predicted molar refractivity (Wildman–Crippen MR) is 48.8 cm³/mol. The number of halogens is 4. The molecular weight excluding hydrogens is 263 g/mol. The van der Waals surface area contributed by atoms with Crippen molar-refractivity contribution in [1.29, 1.82) is 0 Å². The van der Waals surface area contributed by atoms with E-state index in [2.05, 4.69) is 15.9 Å². The van der Waals surface area contributed by atoms with Crippen LogP contribution >= 0.6 is 15.9 Å². The van der Waals surface area contributed by atoms with Gasteiger partial charge in [-0.15, -0.1) is 0 Å². The van der Waals surface area contributed by atoms with Gasteiger partial charge in [0.25, 0.3) is 0 Å². The van der Waals surface area contributed by atoms with Gasteiger partial charge in [-0.05, 0) is 18.2 Å². The van der Waals surface area contributed by atoms with Gasteiger partial charge in [-0.3, -0.25) is 4.79 Å². The monoisotopic (exact) mass is 267 g/mol. The first kappa shape index (κ1) is 11.0. The molecule has 1 rings (SSSR count). The minimum Gasteiger partial charge on any atom is -0.328 e. The molecule has 0 heterocycles. The molecule has 0 fully saturated rings. The zero-order valence-corrected chi connectivity index (χ0v) is 8.32. The smallest absolute Gasteiger partial charge is 0.328 e. The molecular formula is C8H5BrF3NO. The summed E-state index contributed by atoms with van der Waals surface area (Å²) in [6.07, 6.45) is -4.26. The molecule has 0 bridgehead atoms. The average molecular weight is 268 g/mol. The summed E-state index contributed by atoms with van der Waals surface area (Å²) in [5, 5.41) is 1.99. The first-order valence-electron chi connectivity index (χ1n) is 3.52. The minimum absolute atomic E-state index is 0.205. The summed E-state index contributed by atoms with van der Waals surface area (Å²) in [7, 11) is 0. The van der Waals surface area contributed by atoms with Crippen molar-refractivity contribution in [1.82, 2.24) is 0 Å². The summed E-state index contributed by atoms with van der Waals surface area (Å²) in [6.45, 7) is 0. The van der Waals surface area contributed by atoms with Crippen LogP contribution in [-0.4, -0.2) is 6.41 Å². The van der Waals surface area contributed by atoms with Gasteiger partial charge in [0.05, 0.1) is 11.3 Å². The fourth-order valence-electron chi connectivity index (χ4n) is 0.947. The topological polar surface area (TPSA) is 29.1 Å². The number of hydrogen-bond donors (Lipinski definition) is 1. The van der Waals surface area contributed by atoms with Crippen molar-refractivity contribution in [2.45, 2.75) is 6.18 Å². The van der Waals surface area contributed by atoms with E-state index >= 15 is 0 Å². The number of carbonyl (C=O) groups excluding carboxylic acids is 1. The first-order valence-corrected chi connectivity index (χ1v) is 4.31. The van der Waals surface area contributed by atoms with Gasteiger partial charge in [-0.2, -0.15) is 13.2 Å². The normalized spacial score (nSPS) is 11.1. The van der Waals surface area contributed by atoms with E-state index in [1.807, 2.05) is 5.32 Å². The van der Waals surface area contributed by atoms with Crippen molar-refractivity contribution in [3.05, 3.63) is 28.2 Å². The third-order valence-corrected chi connectivity index (χ3v) is 1.99. The summed E-state index contributed by atoms with van der Waals surface area (Å²) in [5.41, 5.74) is -1.13. The van der Waals surface area contributed by atoms with Crippen LogP contribution in [0.4, 0.5) is 18.9 Å². The Labute approximate surface area is 86.2 Å². The Morgan fingerprint density at radius 2 is 2.00 bits per heavy atom. The van der Waals surface area contributed by atoms with E-state index in [0.717, 1.165) is 6.07 Å². The van der Waals surface area contributed by atoms with Gasteiger partial charge in [0, 0.05) is 4.47 Å². The minimum atomic E-state index is -4.47. The molecule has 76 valence electrons. The Kier molecular flexibility index (Phi) is 3.15. The Balaban J connectivity index is 3.21. The largest absolute Gasteiger partial charge is 0.418 e. The lowest BCUT2D eigenvalue weighted by Crippen LogP contribution is -2.09. The molecule has 0 aliphatic heterocycles. The second-order valence-corrected chi connectivity index (χ2v) is 3.37. The van der Waals surface area contributed by atoms with Crippen molar-refractivity contribution in [2.75, 3.05) is 5.32 Å². The third kappa shape index (κ3) is 2.47. The Morgan fingerprint density at radius 1 is 1.36 bits per heavy atom. The molecule has 1 N–H and O–H groups in total. The van der Waals surface area contributed by atoms with Gasteiger partial charge in [0.2, 0.25) is 6.41 Å². The Hall–Kier alpha value is -1.04. The molecule has 0 saturated heterocycles. The molecule has 0 unspecified atom stereocenters. The molecule has 1 aromatic rings. The van der Waals surface area contributed by atoms with Gasteiger partial charge in [-0.1, -0.05) is 15.9 Å². The van der Waals surface area contributed by atoms with Gasteiger partial charge in [0.15, 0.2) is 0 Å². The van der Waals surface area contributed by atoms with E-state index in [4.69, 9.17) is 0 Å². The number of hydrogen-bond acceptors (Lipinski definition) is 1. The molecule has 0 radical (unpaired) electrons. The predicted octanol–water partition coefficient (Wildman–Crippen LogP) is 3.04. The molecule has 14 heavy (non-hydrogen) atoms. The molecule has 0 aliphatic carbocycles. The standard InChI is InChI=1S/C8H5BrF3NO/c9-5-1-2-6(8(10,11)12)7(3-5)13-4-14/h1-4H,(H,13,14). The van der Waals surface area contributed by atoms with Gasteiger partial charge < -0.3 is 5.32 Å². The molecule has 0 aromatic heterocycles. The number of anilines is 1. The second kappa shape index (κ2) is 4.00. The van der Waals surface area contributed by atoms with Crippen molar-refractivity contribution < 1.29 is 18.0 Å². The number of alkyl halides is 3. The summed E-state index contributed by atoms with van der Waals surface area (Å²) >= 11 is 3.01.